The van der Waals surface area contributed by atoms with E-state index in [4.69, 9.17) is 23.2 Å². The fraction of sp³-hybridized carbons (Fsp3) is 0.133. The van der Waals surface area contributed by atoms with Crippen molar-refractivity contribution in [1.29, 1.82) is 0 Å². The second-order valence-electron chi connectivity index (χ2n) is 4.57. The Hall–Kier alpha value is -1.55. The van der Waals surface area contributed by atoms with Crippen molar-refractivity contribution in [3.8, 4) is 0 Å². The molecule has 3 rings (SSSR count). The van der Waals surface area contributed by atoms with E-state index in [1.165, 1.54) is 0 Å². The van der Waals surface area contributed by atoms with Crippen LogP contribution in [0.25, 0.3) is 11.0 Å². The van der Waals surface area contributed by atoms with E-state index in [0.29, 0.717) is 22.2 Å². The fourth-order valence-electron chi connectivity index (χ4n) is 2.21. The number of rotatable bonds is 3. The van der Waals surface area contributed by atoms with Crippen LogP contribution in [-0.4, -0.2) is 14.7 Å². The van der Waals surface area contributed by atoms with Crippen molar-refractivity contribution in [3.63, 3.8) is 0 Å². The van der Waals surface area contributed by atoms with Crippen LogP contribution in [0.2, 0.25) is 10.0 Å². The molecule has 5 heteroatoms. The summed E-state index contributed by atoms with van der Waals surface area (Å²) in [5.41, 5.74) is 2.50. The quantitative estimate of drug-likeness (QED) is 0.792. The van der Waals surface area contributed by atoms with Crippen LogP contribution < -0.4 is 0 Å². The van der Waals surface area contributed by atoms with Gasteiger partial charge < -0.3 is 9.67 Å². The number of aromatic nitrogens is 2. The Morgan fingerprint density at radius 3 is 2.80 bits per heavy atom. The SMILES string of the molecule is OC(Cn1cnc2ccccc21)c1cc(Cl)ccc1Cl. The predicted molar refractivity (Wildman–Crippen MR) is 81.2 cm³/mol. The Bertz CT molecular complexity index is 754. The first-order chi connectivity index (χ1) is 9.65. The minimum Gasteiger partial charge on any atom is -0.386 e. The number of halogens is 2. The third-order valence-electron chi connectivity index (χ3n) is 3.21. The molecule has 3 aromatic rings. The van der Waals surface area contributed by atoms with Gasteiger partial charge in [0.15, 0.2) is 0 Å². The molecule has 1 atom stereocenters. The van der Waals surface area contributed by atoms with Gasteiger partial charge in [0.2, 0.25) is 0 Å². The molecule has 0 aliphatic carbocycles. The predicted octanol–water partition coefficient (Wildman–Crippen LogP) is 4.08. The van der Waals surface area contributed by atoms with Gasteiger partial charge in [-0.15, -0.1) is 0 Å². The molecule has 20 heavy (non-hydrogen) atoms. The van der Waals surface area contributed by atoms with Crippen LogP contribution in [0.4, 0.5) is 0 Å². The molecular weight excluding hydrogens is 295 g/mol. The highest BCUT2D eigenvalue weighted by atomic mass is 35.5. The maximum absolute atomic E-state index is 10.4. The summed E-state index contributed by atoms with van der Waals surface area (Å²) in [6.07, 6.45) is 0.977. The van der Waals surface area contributed by atoms with Gasteiger partial charge in [-0.3, -0.25) is 0 Å². The first kappa shape index (κ1) is 13.4. The number of imidazole rings is 1. The third-order valence-corrected chi connectivity index (χ3v) is 3.79. The summed E-state index contributed by atoms with van der Waals surface area (Å²) in [4.78, 5) is 4.30. The zero-order valence-corrected chi connectivity index (χ0v) is 12.0. The Morgan fingerprint density at radius 2 is 1.95 bits per heavy atom. The summed E-state index contributed by atoms with van der Waals surface area (Å²) in [7, 11) is 0. The molecule has 2 aromatic carbocycles. The molecular formula is C15H12Cl2N2O. The smallest absolute Gasteiger partial charge is 0.0984 e. The topological polar surface area (TPSA) is 38.0 Å². The molecule has 0 saturated heterocycles. The fourth-order valence-corrected chi connectivity index (χ4v) is 2.63. The summed E-state index contributed by atoms with van der Waals surface area (Å²) in [6.45, 7) is 0.376. The number of para-hydroxylation sites is 2. The van der Waals surface area contributed by atoms with E-state index in [2.05, 4.69) is 4.98 Å². The number of nitrogens with zero attached hydrogens (tertiary/aromatic N) is 2. The van der Waals surface area contributed by atoms with Crippen molar-refractivity contribution in [2.24, 2.45) is 0 Å². The molecule has 0 radical (unpaired) electrons. The van der Waals surface area contributed by atoms with Crippen LogP contribution >= 0.6 is 23.2 Å². The molecule has 0 saturated carbocycles. The molecule has 0 amide bonds. The van der Waals surface area contributed by atoms with E-state index in [1.807, 2.05) is 28.8 Å². The van der Waals surface area contributed by atoms with Crippen LogP contribution in [-0.2, 0) is 6.54 Å². The molecule has 1 unspecified atom stereocenters. The molecule has 3 nitrogen and oxygen atoms in total. The summed E-state index contributed by atoms with van der Waals surface area (Å²) in [5, 5.41) is 11.4. The van der Waals surface area contributed by atoms with Crippen LogP contribution in [0.5, 0.6) is 0 Å². The zero-order chi connectivity index (χ0) is 14.1. The molecule has 0 aliphatic heterocycles. The molecule has 102 valence electrons. The number of aliphatic hydroxyl groups is 1. The van der Waals surface area contributed by atoms with Gasteiger partial charge >= 0.3 is 0 Å². The number of benzene rings is 2. The van der Waals surface area contributed by atoms with Gasteiger partial charge in [0, 0.05) is 15.6 Å². The van der Waals surface area contributed by atoms with E-state index in [9.17, 15) is 5.11 Å². The molecule has 1 heterocycles. The van der Waals surface area contributed by atoms with Gasteiger partial charge in [-0.1, -0.05) is 35.3 Å². The number of hydrogen-bond donors (Lipinski definition) is 1. The Labute approximate surface area is 126 Å². The first-order valence-corrected chi connectivity index (χ1v) is 6.93. The molecule has 0 bridgehead atoms. The van der Waals surface area contributed by atoms with Crippen molar-refractivity contribution in [3.05, 3.63) is 64.4 Å². The highest BCUT2D eigenvalue weighted by molar-refractivity contribution is 6.33. The van der Waals surface area contributed by atoms with Gasteiger partial charge in [0.1, 0.15) is 0 Å². The van der Waals surface area contributed by atoms with Gasteiger partial charge in [0.25, 0.3) is 0 Å². The molecule has 0 fully saturated rings. The standard InChI is InChI=1S/C15H12Cl2N2O/c16-10-5-6-12(17)11(7-10)15(20)8-19-9-18-13-3-1-2-4-14(13)19/h1-7,9,15,20H,8H2. The lowest BCUT2D eigenvalue weighted by molar-refractivity contribution is 0.158. The van der Waals surface area contributed by atoms with E-state index in [1.54, 1.807) is 24.5 Å². The number of aliphatic hydroxyl groups excluding tert-OH is 1. The molecule has 1 N–H and O–H groups in total. The highest BCUT2D eigenvalue weighted by Crippen LogP contribution is 2.28. The number of hydrogen-bond acceptors (Lipinski definition) is 2. The number of fused-ring (bicyclic) bond motifs is 1. The molecule has 0 aliphatic rings. The van der Waals surface area contributed by atoms with E-state index < -0.39 is 6.10 Å². The lowest BCUT2D eigenvalue weighted by atomic mass is 10.1. The maximum atomic E-state index is 10.4. The lowest BCUT2D eigenvalue weighted by Crippen LogP contribution is -2.08. The summed E-state index contributed by atoms with van der Waals surface area (Å²) < 4.78 is 1.90. The largest absolute Gasteiger partial charge is 0.386 e. The van der Waals surface area contributed by atoms with Gasteiger partial charge in [-0.2, -0.15) is 0 Å². The van der Waals surface area contributed by atoms with Crippen LogP contribution in [0, 0.1) is 0 Å². The van der Waals surface area contributed by atoms with Crippen molar-refractivity contribution < 1.29 is 5.11 Å². The van der Waals surface area contributed by atoms with Crippen LogP contribution in [0.15, 0.2) is 48.8 Å². The minimum absolute atomic E-state index is 0.376. The monoisotopic (exact) mass is 306 g/mol. The Morgan fingerprint density at radius 1 is 1.15 bits per heavy atom. The summed E-state index contributed by atoms with van der Waals surface area (Å²) in [5.74, 6) is 0. The van der Waals surface area contributed by atoms with Gasteiger partial charge in [-0.25, -0.2) is 4.98 Å². The van der Waals surface area contributed by atoms with Crippen molar-refractivity contribution in [1.82, 2.24) is 9.55 Å². The first-order valence-electron chi connectivity index (χ1n) is 6.18. The average Bonchev–Trinajstić information content (AvgIpc) is 2.85. The van der Waals surface area contributed by atoms with E-state index in [0.717, 1.165) is 11.0 Å². The van der Waals surface area contributed by atoms with E-state index in [-0.39, 0.29) is 0 Å². The van der Waals surface area contributed by atoms with Crippen molar-refractivity contribution in [2.75, 3.05) is 0 Å². The normalized spacial score (nSPS) is 12.8. The second-order valence-corrected chi connectivity index (χ2v) is 5.41. The maximum Gasteiger partial charge on any atom is 0.0984 e. The summed E-state index contributed by atoms with van der Waals surface area (Å²) in [6, 6.07) is 12.9. The summed E-state index contributed by atoms with van der Waals surface area (Å²) >= 11 is 12.1. The molecule has 1 aromatic heterocycles. The average molecular weight is 307 g/mol. The van der Waals surface area contributed by atoms with E-state index >= 15 is 0 Å². The minimum atomic E-state index is -0.737. The van der Waals surface area contributed by atoms with Crippen molar-refractivity contribution in [2.45, 2.75) is 12.6 Å². The lowest BCUT2D eigenvalue weighted by Gasteiger charge is -2.14. The second kappa shape index (κ2) is 5.44. The van der Waals surface area contributed by atoms with Gasteiger partial charge in [-0.05, 0) is 30.3 Å². The third kappa shape index (κ3) is 2.52. The molecule has 0 spiro atoms. The zero-order valence-electron chi connectivity index (χ0n) is 10.5. The Kier molecular flexibility index (Phi) is 3.66. The highest BCUT2D eigenvalue weighted by Gasteiger charge is 2.14. The van der Waals surface area contributed by atoms with Crippen molar-refractivity contribution >= 4 is 34.2 Å². The van der Waals surface area contributed by atoms with Crippen LogP contribution in [0.3, 0.4) is 0 Å². The van der Waals surface area contributed by atoms with Crippen LogP contribution in [0.1, 0.15) is 11.7 Å². The Balaban J connectivity index is 1.92. The van der Waals surface area contributed by atoms with Gasteiger partial charge in [0.05, 0.1) is 30.0 Å².